The summed E-state index contributed by atoms with van der Waals surface area (Å²) in [7, 11) is 0. The summed E-state index contributed by atoms with van der Waals surface area (Å²) in [6.07, 6.45) is 2.17. The van der Waals surface area contributed by atoms with Crippen molar-refractivity contribution in [1.29, 1.82) is 0 Å². The van der Waals surface area contributed by atoms with Crippen molar-refractivity contribution in [3.8, 4) is 5.75 Å². The van der Waals surface area contributed by atoms with Gasteiger partial charge in [-0.25, -0.2) is 0 Å². The van der Waals surface area contributed by atoms with Crippen molar-refractivity contribution >= 4 is 5.91 Å². The number of hydrogen-bond acceptors (Lipinski definition) is 3. The molecular weight excluding hydrogens is 252 g/mol. The van der Waals surface area contributed by atoms with Gasteiger partial charge in [0, 0.05) is 24.7 Å². The van der Waals surface area contributed by atoms with Gasteiger partial charge in [0.25, 0.3) is 0 Å². The average molecular weight is 274 g/mol. The number of piperidine rings is 1. The van der Waals surface area contributed by atoms with E-state index in [0.29, 0.717) is 12.5 Å². The highest BCUT2D eigenvalue weighted by molar-refractivity contribution is 5.85. The predicted molar refractivity (Wildman–Crippen MR) is 77.6 cm³/mol. The maximum Gasteiger partial charge on any atom is 0.233 e. The van der Waals surface area contributed by atoms with Crippen LogP contribution in [-0.2, 0) is 4.79 Å². The number of para-hydroxylation sites is 1. The SMILES string of the molecule is CC(N)C1CCCN(C(=O)C2COc3ccccc32)C1. The van der Waals surface area contributed by atoms with Crippen LogP contribution in [0.2, 0.25) is 0 Å². The number of likely N-dealkylation sites (tertiary alicyclic amines) is 1. The van der Waals surface area contributed by atoms with Gasteiger partial charge in [-0.3, -0.25) is 4.79 Å². The second kappa shape index (κ2) is 5.44. The number of fused-ring (bicyclic) bond motifs is 1. The summed E-state index contributed by atoms with van der Waals surface area (Å²) >= 11 is 0. The molecule has 0 aromatic heterocycles. The number of carbonyl (C=O) groups excluding carboxylic acids is 1. The smallest absolute Gasteiger partial charge is 0.233 e. The van der Waals surface area contributed by atoms with Crippen molar-refractivity contribution in [3.63, 3.8) is 0 Å². The third-order valence-corrected chi connectivity index (χ3v) is 4.51. The summed E-state index contributed by atoms with van der Waals surface area (Å²) < 4.78 is 5.63. The Morgan fingerprint density at radius 1 is 1.45 bits per heavy atom. The molecule has 3 atom stereocenters. The van der Waals surface area contributed by atoms with Crippen LogP contribution in [0, 0.1) is 5.92 Å². The molecule has 1 saturated heterocycles. The number of amides is 1. The van der Waals surface area contributed by atoms with E-state index in [2.05, 4.69) is 0 Å². The Morgan fingerprint density at radius 3 is 3.05 bits per heavy atom. The molecule has 3 rings (SSSR count). The van der Waals surface area contributed by atoms with E-state index in [1.54, 1.807) is 0 Å². The van der Waals surface area contributed by atoms with Gasteiger partial charge in [0.2, 0.25) is 5.91 Å². The van der Waals surface area contributed by atoms with Gasteiger partial charge in [0.05, 0.1) is 0 Å². The zero-order valence-corrected chi connectivity index (χ0v) is 11.9. The first-order valence-electron chi connectivity index (χ1n) is 7.43. The van der Waals surface area contributed by atoms with Crippen molar-refractivity contribution in [2.45, 2.75) is 31.7 Å². The van der Waals surface area contributed by atoms with Crippen LogP contribution in [0.5, 0.6) is 5.75 Å². The van der Waals surface area contributed by atoms with E-state index in [4.69, 9.17) is 10.5 Å². The Hall–Kier alpha value is -1.55. The Kier molecular flexibility index (Phi) is 3.66. The van der Waals surface area contributed by atoms with Gasteiger partial charge >= 0.3 is 0 Å². The first kappa shape index (κ1) is 13.4. The second-order valence-electron chi connectivity index (χ2n) is 5.95. The van der Waals surface area contributed by atoms with E-state index in [1.165, 1.54) is 0 Å². The minimum atomic E-state index is -0.141. The molecule has 2 aliphatic rings. The highest BCUT2D eigenvalue weighted by atomic mass is 16.5. The largest absolute Gasteiger partial charge is 0.492 e. The van der Waals surface area contributed by atoms with Gasteiger partial charge in [0.15, 0.2) is 0 Å². The van der Waals surface area contributed by atoms with Crippen molar-refractivity contribution < 1.29 is 9.53 Å². The quantitative estimate of drug-likeness (QED) is 0.894. The van der Waals surface area contributed by atoms with Gasteiger partial charge in [-0.15, -0.1) is 0 Å². The lowest BCUT2D eigenvalue weighted by Gasteiger charge is -2.35. The van der Waals surface area contributed by atoms with Gasteiger partial charge in [0.1, 0.15) is 18.3 Å². The van der Waals surface area contributed by atoms with Crippen molar-refractivity contribution in [3.05, 3.63) is 29.8 Å². The third-order valence-electron chi connectivity index (χ3n) is 4.51. The number of hydrogen-bond donors (Lipinski definition) is 1. The molecule has 0 radical (unpaired) electrons. The van der Waals surface area contributed by atoms with Gasteiger partial charge in [-0.1, -0.05) is 18.2 Å². The molecule has 108 valence electrons. The molecule has 2 heterocycles. The van der Waals surface area contributed by atoms with Gasteiger partial charge in [-0.2, -0.15) is 0 Å². The molecule has 1 fully saturated rings. The van der Waals surface area contributed by atoms with Gasteiger partial charge in [-0.05, 0) is 31.7 Å². The molecule has 0 saturated carbocycles. The van der Waals surface area contributed by atoms with E-state index < -0.39 is 0 Å². The summed E-state index contributed by atoms with van der Waals surface area (Å²) in [5.41, 5.74) is 7.03. The minimum Gasteiger partial charge on any atom is -0.492 e. The molecule has 0 spiro atoms. The van der Waals surface area contributed by atoms with Crippen molar-refractivity contribution in [2.75, 3.05) is 19.7 Å². The normalized spacial score (nSPS) is 26.8. The summed E-state index contributed by atoms with van der Waals surface area (Å²) in [4.78, 5) is 14.7. The lowest BCUT2D eigenvalue weighted by Crippen LogP contribution is -2.46. The maximum atomic E-state index is 12.7. The van der Waals surface area contributed by atoms with Crippen LogP contribution in [0.15, 0.2) is 24.3 Å². The molecule has 2 aliphatic heterocycles. The van der Waals surface area contributed by atoms with Gasteiger partial charge < -0.3 is 15.4 Å². The summed E-state index contributed by atoms with van der Waals surface area (Å²) in [5, 5.41) is 0. The fraction of sp³-hybridized carbons (Fsp3) is 0.562. The molecule has 20 heavy (non-hydrogen) atoms. The number of nitrogens with zero attached hydrogens (tertiary/aromatic N) is 1. The van der Waals surface area contributed by atoms with Crippen molar-refractivity contribution in [2.24, 2.45) is 11.7 Å². The fourth-order valence-electron chi connectivity index (χ4n) is 3.23. The molecule has 1 aromatic rings. The first-order valence-corrected chi connectivity index (χ1v) is 7.43. The summed E-state index contributed by atoms with van der Waals surface area (Å²) in [6, 6.07) is 7.99. The number of nitrogens with two attached hydrogens (primary N) is 1. The minimum absolute atomic E-state index is 0.141. The Bertz CT molecular complexity index is 501. The lowest BCUT2D eigenvalue weighted by molar-refractivity contribution is -0.135. The molecule has 0 aliphatic carbocycles. The summed E-state index contributed by atoms with van der Waals surface area (Å²) in [5.74, 6) is 1.33. The zero-order valence-electron chi connectivity index (χ0n) is 11.9. The highest BCUT2D eigenvalue weighted by Crippen LogP contribution is 2.35. The molecule has 3 unspecified atom stereocenters. The number of rotatable bonds is 2. The maximum absolute atomic E-state index is 12.7. The molecule has 0 bridgehead atoms. The van der Waals surface area contributed by atoms with E-state index in [0.717, 1.165) is 37.2 Å². The standard InChI is InChI=1S/C16H22N2O2/c1-11(17)12-5-4-8-18(9-12)16(19)14-10-20-15-7-3-2-6-13(14)15/h2-3,6-7,11-12,14H,4-5,8-10,17H2,1H3. The number of benzene rings is 1. The third kappa shape index (κ3) is 2.40. The average Bonchev–Trinajstić information content (AvgIpc) is 2.90. The Balaban J connectivity index is 1.74. The molecule has 1 amide bonds. The summed E-state index contributed by atoms with van der Waals surface area (Å²) in [6.45, 7) is 4.14. The van der Waals surface area contributed by atoms with E-state index in [9.17, 15) is 4.79 Å². The monoisotopic (exact) mass is 274 g/mol. The van der Waals surface area contributed by atoms with Crippen LogP contribution in [0.4, 0.5) is 0 Å². The molecule has 2 N–H and O–H groups in total. The highest BCUT2D eigenvalue weighted by Gasteiger charge is 2.35. The van der Waals surface area contributed by atoms with E-state index in [-0.39, 0.29) is 17.9 Å². The van der Waals surface area contributed by atoms with E-state index in [1.807, 2.05) is 36.1 Å². The fourth-order valence-corrected chi connectivity index (χ4v) is 3.23. The first-order chi connectivity index (χ1) is 9.66. The second-order valence-corrected chi connectivity index (χ2v) is 5.95. The van der Waals surface area contributed by atoms with Crippen LogP contribution in [-0.4, -0.2) is 36.5 Å². The lowest BCUT2D eigenvalue weighted by atomic mass is 9.90. The number of carbonyl (C=O) groups is 1. The topological polar surface area (TPSA) is 55.6 Å². The molecule has 4 heteroatoms. The van der Waals surface area contributed by atoms with Crippen LogP contribution >= 0.6 is 0 Å². The molecular formula is C16H22N2O2. The number of ether oxygens (including phenoxy) is 1. The molecule has 4 nitrogen and oxygen atoms in total. The predicted octanol–water partition coefficient (Wildman–Crippen LogP) is 1.75. The van der Waals surface area contributed by atoms with Crippen LogP contribution in [0.25, 0.3) is 0 Å². The Morgan fingerprint density at radius 2 is 2.25 bits per heavy atom. The van der Waals surface area contributed by atoms with E-state index >= 15 is 0 Å². The van der Waals surface area contributed by atoms with Crippen LogP contribution in [0.3, 0.4) is 0 Å². The zero-order chi connectivity index (χ0) is 14.1. The van der Waals surface area contributed by atoms with Crippen molar-refractivity contribution in [1.82, 2.24) is 4.90 Å². The van der Waals surface area contributed by atoms with Crippen LogP contribution < -0.4 is 10.5 Å². The molecule has 1 aromatic carbocycles. The Labute approximate surface area is 119 Å². The van der Waals surface area contributed by atoms with Crippen LogP contribution in [0.1, 0.15) is 31.2 Å².